The molecule has 1 aromatic carbocycles. The van der Waals surface area contributed by atoms with Crippen molar-refractivity contribution in [2.45, 2.75) is 32.4 Å². The van der Waals surface area contributed by atoms with Crippen LogP contribution in [0.5, 0.6) is 0 Å². The zero-order chi connectivity index (χ0) is 15.8. The van der Waals surface area contributed by atoms with Crippen LogP contribution in [-0.4, -0.2) is 30.3 Å². The zero-order valence-corrected chi connectivity index (χ0v) is 12.1. The number of rotatable bonds is 8. The monoisotopic (exact) mass is 298 g/mol. The molecular formula is C14H20F2N4O. The molecular weight excluding hydrogens is 278 g/mol. The summed E-state index contributed by atoms with van der Waals surface area (Å²) in [5.41, 5.74) is 8.91. The van der Waals surface area contributed by atoms with Gasteiger partial charge in [0.15, 0.2) is 0 Å². The molecule has 7 heteroatoms. The Kier molecular flexibility index (Phi) is 7.08. The molecule has 0 aliphatic heterocycles. The summed E-state index contributed by atoms with van der Waals surface area (Å²) >= 11 is 0. The van der Waals surface area contributed by atoms with E-state index in [1.54, 1.807) is 0 Å². The van der Waals surface area contributed by atoms with E-state index in [9.17, 15) is 13.9 Å². The van der Waals surface area contributed by atoms with Crippen LogP contribution in [0.1, 0.15) is 19.4 Å². The van der Waals surface area contributed by atoms with Gasteiger partial charge in [0.2, 0.25) is 0 Å². The molecule has 0 heterocycles. The van der Waals surface area contributed by atoms with E-state index in [0.29, 0.717) is 18.0 Å². The van der Waals surface area contributed by atoms with Gasteiger partial charge in [-0.05, 0) is 42.1 Å². The second-order valence-corrected chi connectivity index (χ2v) is 5.37. The summed E-state index contributed by atoms with van der Waals surface area (Å²) in [4.78, 5) is 2.69. The summed E-state index contributed by atoms with van der Waals surface area (Å²) in [7, 11) is 0. The summed E-state index contributed by atoms with van der Waals surface area (Å²) < 4.78 is 26.3. The summed E-state index contributed by atoms with van der Waals surface area (Å²) in [6.07, 6.45) is -0.852. The minimum Gasteiger partial charge on any atom is -0.391 e. The first-order chi connectivity index (χ1) is 9.92. The van der Waals surface area contributed by atoms with Crippen LogP contribution < -0.4 is 5.32 Å². The second kappa shape index (κ2) is 8.56. The fraction of sp³-hybridized carbons (Fsp3) is 0.571. The summed E-state index contributed by atoms with van der Waals surface area (Å²) in [5.74, 6) is -0.971. The molecule has 2 atom stereocenters. The SMILES string of the molecule is CC(C)CNC[C@@H](O)[C@H](Cc1cc(F)cc(F)c1)N=[N+]=[N-]. The van der Waals surface area contributed by atoms with E-state index in [-0.39, 0.29) is 13.0 Å². The molecule has 0 saturated carbocycles. The number of halogens is 2. The Morgan fingerprint density at radius 3 is 2.38 bits per heavy atom. The maximum atomic E-state index is 13.1. The number of hydrogen-bond acceptors (Lipinski definition) is 3. The van der Waals surface area contributed by atoms with E-state index in [1.165, 1.54) is 0 Å². The summed E-state index contributed by atoms with van der Waals surface area (Å²) in [5, 5.41) is 16.6. The molecule has 1 aromatic rings. The predicted octanol–water partition coefficient (Wildman–Crippen LogP) is 2.79. The van der Waals surface area contributed by atoms with Gasteiger partial charge in [-0.3, -0.25) is 0 Å². The molecule has 0 unspecified atom stereocenters. The lowest BCUT2D eigenvalue weighted by atomic mass is 10.0. The number of nitrogens with one attached hydrogen (secondary N) is 1. The van der Waals surface area contributed by atoms with Crippen LogP contribution in [0.3, 0.4) is 0 Å². The molecule has 0 saturated heterocycles. The van der Waals surface area contributed by atoms with E-state index in [2.05, 4.69) is 15.3 Å². The van der Waals surface area contributed by atoms with Crippen molar-refractivity contribution in [3.05, 3.63) is 45.8 Å². The van der Waals surface area contributed by atoms with Crippen LogP contribution in [0, 0.1) is 17.6 Å². The Bertz CT molecular complexity index is 483. The lowest BCUT2D eigenvalue weighted by molar-refractivity contribution is 0.141. The van der Waals surface area contributed by atoms with Gasteiger partial charge in [-0.1, -0.05) is 19.0 Å². The van der Waals surface area contributed by atoms with Crippen molar-refractivity contribution >= 4 is 0 Å². The Morgan fingerprint density at radius 1 is 1.24 bits per heavy atom. The van der Waals surface area contributed by atoms with Gasteiger partial charge in [-0.2, -0.15) is 0 Å². The second-order valence-electron chi connectivity index (χ2n) is 5.37. The van der Waals surface area contributed by atoms with Gasteiger partial charge in [0.25, 0.3) is 0 Å². The van der Waals surface area contributed by atoms with Crippen LogP contribution in [0.2, 0.25) is 0 Å². The normalized spacial score (nSPS) is 13.8. The highest BCUT2D eigenvalue weighted by Crippen LogP contribution is 2.13. The fourth-order valence-corrected chi connectivity index (χ4v) is 1.95. The lowest BCUT2D eigenvalue weighted by Crippen LogP contribution is -2.37. The summed E-state index contributed by atoms with van der Waals surface area (Å²) in [6, 6.07) is 2.32. The van der Waals surface area contributed by atoms with Crippen molar-refractivity contribution in [1.82, 2.24) is 5.32 Å². The standard InChI is InChI=1S/C14H20F2N4O/c1-9(2)7-18-8-14(21)13(19-20-17)5-10-3-11(15)6-12(16)4-10/h3-4,6,9,13-14,18,21H,5,7-8H2,1-2H3/t13-,14+/m0/s1. The average Bonchev–Trinajstić information content (AvgIpc) is 2.36. The highest BCUT2D eigenvalue weighted by atomic mass is 19.1. The fourth-order valence-electron chi connectivity index (χ4n) is 1.95. The smallest absolute Gasteiger partial charge is 0.126 e. The zero-order valence-electron chi connectivity index (χ0n) is 12.1. The molecule has 0 spiro atoms. The molecule has 0 aliphatic rings. The number of hydrogen-bond donors (Lipinski definition) is 2. The Hall–Kier alpha value is -1.69. The van der Waals surface area contributed by atoms with Crippen molar-refractivity contribution in [3.8, 4) is 0 Å². The molecule has 0 amide bonds. The number of aliphatic hydroxyl groups excluding tert-OH is 1. The first kappa shape index (κ1) is 17.4. The van der Waals surface area contributed by atoms with Crippen molar-refractivity contribution in [3.63, 3.8) is 0 Å². The third-order valence-electron chi connectivity index (χ3n) is 2.92. The van der Waals surface area contributed by atoms with Gasteiger partial charge in [0.1, 0.15) is 11.6 Å². The molecule has 116 valence electrons. The van der Waals surface area contributed by atoms with Crippen molar-refractivity contribution in [2.24, 2.45) is 11.0 Å². The van der Waals surface area contributed by atoms with Gasteiger partial charge in [0.05, 0.1) is 12.1 Å². The van der Waals surface area contributed by atoms with Crippen LogP contribution >= 0.6 is 0 Å². The molecule has 2 N–H and O–H groups in total. The van der Waals surface area contributed by atoms with E-state index < -0.39 is 23.8 Å². The minimum atomic E-state index is -0.925. The maximum Gasteiger partial charge on any atom is 0.126 e. The third kappa shape index (κ3) is 6.53. The molecule has 0 bridgehead atoms. The van der Waals surface area contributed by atoms with Gasteiger partial charge in [-0.25, -0.2) is 8.78 Å². The number of azide groups is 1. The number of aliphatic hydroxyl groups is 1. The van der Waals surface area contributed by atoms with Crippen LogP contribution in [0.4, 0.5) is 8.78 Å². The van der Waals surface area contributed by atoms with Crippen LogP contribution in [-0.2, 0) is 6.42 Å². The molecule has 0 aliphatic carbocycles. The van der Waals surface area contributed by atoms with Gasteiger partial charge < -0.3 is 10.4 Å². The van der Waals surface area contributed by atoms with Gasteiger partial charge >= 0.3 is 0 Å². The quantitative estimate of drug-likeness (QED) is 0.439. The molecule has 0 radical (unpaired) electrons. The van der Waals surface area contributed by atoms with E-state index >= 15 is 0 Å². The highest BCUT2D eigenvalue weighted by Gasteiger charge is 2.19. The van der Waals surface area contributed by atoms with E-state index in [0.717, 1.165) is 18.2 Å². The van der Waals surface area contributed by atoms with Crippen molar-refractivity contribution in [2.75, 3.05) is 13.1 Å². The van der Waals surface area contributed by atoms with E-state index in [1.807, 2.05) is 13.8 Å². The number of nitrogens with zero attached hydrogens (tertiary/aromatic N) is 3. The predicted molar refractivity (Wildman–Crippen MR) is 76.7 cm³/mol. The summed E-state index contributed by atoms with van der Waals surface area (Å²) in [6.45, 7) is 5.02. The molecule has 1 rings (SSSR count). The largest absolute Gasteiger partial charge is 0.391 e. The average molecular weight is 298 g/mol. The number of benzene rings is 1. The maximum absolute atomic E-state index is 13.1. The topological polar surface area (TPSA) is 81.0 Å². The Balaban J connectivity index is 2.70. The first-order valence-corrected chi connectivity index (χ1v) is 6.80. The van der Waals surface area contributed by atoms with Crippen LogP contribution in [0.25, 0.3) is 10.4 Å². The van der Waals surface area contributed by atoms with Gasteiger partial charge in [0, 0.05) is 17.5 Å². The third-order valence-corrected chi connectivity index (χ3v) is 2.92. The minimum absolute atomic E-state index is 0.0727. The van der Waals surface area contributed by atoms with Crippen LogP contribution in [0.15, 0.2) is 23.3 Å². The lowest BCUT2D eigenvalue weighted by Gasteiger charge is -2.19. The van der Waals surface area contributed by atoms with E-state index in [4.69, 9.17) is 5.53 Å². The first-order valence-electron chi connectivity index (χ1n) is 6.80. The molecule has 0 fully saturated rings. The molecule has 0 aromatic heterocycles. The Morgan fingerprint density at radius 2 is 1.86 bits per heavy atom. The Labute approximate surface area is 122 Å². The van der Waals surface area contributed by atoms with Crippen molar-refractivity contribution < 1.29 is 13.9 Å². The molecule has 5 nitrogen and oxygen atoms in total. The highest BCUT2D eigenvalue weighted by molar-refractivity contribution is 5.19. The molecule has 21 heavy (non-hydrogen) atoms. The van der Waals surface area contributed by atoms with Gasteiger partial charge in [-0.15, -0.1) is 0 Å². The van der Waals surface area contributed by atoms with Crippen molar-refractivity contribution in [1.29, 1.82) is 0 Å².